The van der Waals surface area contributed by atoms with Gasteiger partial charge in [-0.1, -0.05) is 6.07 Å². The minimum absolute atomic E-state index is 0. The summed E-state index contributed by atoms with van der Waals surface area (Å²) in [5.74, 6) is 0.529. The summed E-state index contributed by atoms with van der Waals surface area (Å²) in [6, 6.07) is 4.97. The summed E-state index contributed by atoms with van der Waals surface area (Å²) in [5, 5.41) is 12.9. The molecule has 23 heavy (non-hydrogen) atoms. The summed E-state index contributed by atoms with van der Waals surface area (Å²) in [7, 11) is 1.55. The number of hydrogen-bond donors (Lipinski definition) is 2. The Morgan fingerprint density at radius 2 is 2.30 bits per heavy atom. The van der Waals surface area contributed by atoms with Crippen molar-refractivity contribution in [2.45, 2.75) is 32.6 Å². The number of nitrogens with one attached hydrogen (secondary N) is 1. The maximum Gasteiger partial charge on any atom is 0.194 e. The lowest BCUT2D eigenvalue weighted by atomic mass is 10.1. The number of guanidine groups is 1. The quantitative estimate of drug-likeness (QED) is 0.421. The molecule has 0 aromatic heterocycles. The summed E-state index contributed by atoms with van der Waals surface area (Å²) in [5.41, 5.74) is 1.47. The molecule has 0 saturated carbocycles. The lowest BCUT2D eigenvalue weighted by molar-refractivity contribution is 0.181. The Bertz CT molecular complexity index is 528. The van der Waals surface area contributed by atoms with Gasteiger partial charge in [0.1, 0.15) is 5.82 Å². The fourth-order valence-electron chi connectivity index (χ4n) is 2.52. The SMILES string of the molecule is CCNC(=NCc1ccc(F)c(COC)c1)N1CC[C@@H](O)C1.I. The van der Waals surface area contributed by atoms with Crippen molar-refractivity contribution in [3.8, 4) is 0 Å². The Kier molecular flexibility index (Phi) is 8.78. The van der Waals surface area contributed by atoms with Crippen molar-refractivity contribution in [1.82, 2.24) is 10.2 Å². The number of aliphatic imine (C=N–C) groups is 1. The van der Waals surface area contributed by atoms with Gasteiger partial charge in [0, 0.05) is 32.3 Å². The molecule has 2 rings (SSSR count). The van der Waals surface area contributed by atoms with E-state index in [9.17, 15) is 9.50 Å². The summed E-state index contributed by atoms with van der Waals surface area (Å²) in [6.07, 6.45) is 0.474. The van der Waals surface area contributed by atoms with Gasteiger partial charge in [0.15, 0.2) is 5.96 Å². The maximum absolute atomic E-state index is 13.6. The van der Waals surface area contributed by atoms with Gasteiger partial charge < -0.3 is 20.1 Å². The highest BCUT2D eigenvalue weighted by Crippen LogP contribution is 2.14. The number of rotatable bonds is 5. The van der Waals surface area contributed by atoms with Crippen LogP contribution in [0.15, 0.2) is 23.2 Å². The minimum Gasteiger partial charge on any atom is -0.391 e. The zero-order chi connectivity index (χ0) is 15.9. The van der Waals surface area contributed by atoms with Gasteiger partial charge in [0.05, 0.1) is 19.3 Å². The second-order valence-electron chi connectivity index (χ2n) is 5.42. The molecule has 0 radical (unpaired) electrons. The number of β-amino-alcohol motifs (C(OH)–C–C–N with tert-alkyl or cyclic N) is 1. The van der Waals surface area contributed by atoms with Crippen LogP contribution in [-0.2, 0) is 17.9 Å². The van der Waals surface area contributed by atoms with Crippen molar-refractivity contribution in [2.75, 3.05) is 26.7 Å². The number of aliphatic hydroxyl groups excluding tert-OH is 1. The van der Waals surface area contributed by atoms with Crippen LogP contribution >= 0.6 is 24.0 Å². The van der Waals surface area contributed by atoms with Gasteiger partial charge in [-0.25, -0.2) is 9.38 Å². The predicted molar refractivity (Wildman–Crippen MR) is 99.5 cm³/mol. The average molecular weight is 437 g/mol. The predicted octanol–water partition coefficient (Wildman–Crippen LogP) is 2.12. The van der Waals surface area contributed by atoms with Crippen molar-refractivity contribution in [1.29, 1.82) is 0 Å². The summed E-state index contributed by atoms with van der Waals surface area (Å²) >= 11 is 0. The molecule has 1 atom stereocenters. The van der Waals surface area contributed by atoms with E-state index in [1.165, 1.54) is 6.07 Å². The number of likely N-dealkylation sites (tertiary alicyclic amines) is 1. The summed E-state index contributed by atoms with van der Waals surface area (Å²) < 4.78 is 18.6. The summed E-state index contributed by atoms with van der Waals surface area (Å²) in [4.78, 5) is 6.64. The molecule has 1 aliphatic heterocycles. The first-order valence-corrected chi connectivity index (χ1v) is 7.61. The molecule has 0 amide bonds. The van der Waals surface area contributed by atoms with Crippen LogP contribution < -0.4 is 5.32 Å². The third-order valence-corrected chi connectivity index (χ3v) is 3.62. The minimum atomic E-state index is -0.289. The molecular weight excluding hydrogens is 412 g/mol. The van der Waals surface area contributed by atoms with Crippen LogP contribution in [0.2, 0.25) is 0 Å². The van der Waals surface area contributed by atoms with E-state index >= 15 is 0 Å². The van der Waals surface area contributed by atoms with Crippen molar-refractivity contribution in [3.63, 3.8) is 0 Å². The van der Waals surface area contributed by atoms with Crippen LogP contribution in [0.1, 0.15) is 24.5 Å². The largest absolute Gasteiger partial charge is 0.391 e. The molecule has 1 fully saturated rings. The molecule has 0 spiro atoms. The van der Waals surface area contributed by atoms with Crippen molar-refractivity contribution < 1.29 is 14.2 Å². The first-order chi connectivity index (χ1) is 10.6. The van der Waals surface area contributed by atoms with E-state index in [0.29, 0.717) is 18.7 Å². The molecule has 1 aromatic rings. The third-order valence-electron chi connectivity index (χ3n) is 3.62. The second kappa shape index (κ2) is 10.0. The molecule has 1 saturated heterocycles. The lowest BCUT2D eigenvalue weighted by Gasteiger charge is -2.21. The number of hydrogen-bond acceptors (Lipinski definition) is 3. The number of nitrogens with zero attached hydrogens (tertiary/aromatic N) is 2. The van der Waals surface area contributed by atoms with Gasteiger partial charge in [-0.15, -0.1) is 24.0 Å². The van der Waals surface area contributed by atoms with Crippen LogP contribution in [0.25, 0.3) is 0 Å². The van der Waals surface area contributed by atoms with E-state index in [1.54, 1.807) is 19.2 Å². The fourth-order valence-corrected chi connectivity index (χ4v) is 2.52. The molecule has 1 aliphatic rings. The molecule has 5 nitrogen and oxygen atoms in total. The molecule has 1 aromatic carbocycles. The standard InChI is InChI=1S/C16H24FN3O2.HI/c1-3-18-16(20-7-6-14(21)10-20)19-9-12-4-5-15(17)13(8-12)11-22-2;/h4-5,8,14,21H,3,6-7,9-11H2,1-2H3,(H,18,19);1H/t14-;/m1./s1. The van der Waals surface area contributed by atoms with Crippen LogP contribution in [-0.4, -0.2) is 48.8 Å². The van der Waals surface area contributed by atoms with Crippen LogP contribution in [0, 0.1) is 5.82 Å². The van der Waals surface area contributed by atoms with Crippen molar-refractivity contribution in [3.05, 3.63) is 35.1 Å². The first-order valence-electron chi connectivity index (χ1n) is 7.61. The van der Waals surface area contributed by atoms with Gasteiger partial charge in [-0.3, -0.25) is 0 Å². The first kappa shape index (κ1) is 20.1. The van der Waals surface area contributed by atoms with Crippen molar-refractivity contribution in [2.24, 2.45) is 4.99 Å². The number of methoxy groups -OCH3 is 1. The lowest BCUT2D eigenvalue weighted by Crippen LogP contribution is -2.40. The van der Waals surface area contributed by atoms with Gasteiger partial charge in [0.25, 0.3) is 0 Å². The Hall–Kier alpha value is -0.930. The van der Waals surface area contributed by atoms with E-state index in [2.05, 4.69) is 10.3 Å². The molecule has 0 unspecified atom stereocenters. The zero-order valence-corrected chi connectivity index (χ0v) is 15.9. The third kappa shape index (κ3) is 5.89. The van der Waals surface area contributed by atoms with Gasteiger partial charge in [0.2, 0.25) is 0 Å². The van der Waals surface area contributed by atoms with Gasteiger partial charge in [-0.05, 0) is 31.0 Å². The number of halogens is 2. The molecular formula is C16H25FIN3O2. The van der Waals surface area contributed by atoms with Gasteiger partial charge in [-0.2, -0.15) is 0 Å². The Labute approximate surface area is 153 Å². The molecule has 2 N–H and O–H groups in total. The molecule has 0 aliphatic carbocycles. The molecule has 130 valence electrons. The highest BCUT2D eigenvalue weighted by Gasteiger charge is 2.22. The Balaban J connectivity index is 0.00000264. The Morgan fingerprint density at radius 1 is 1.52 bits per heavy atom. The van der Waals surface area contributed by atoms with Crippen LogP contribution in [0.4, 0.5) is 4.39 Å². The van der Waals surface area contributed by atoms with Crippen molar-refractivity contribution >= 4 is 29.9 Å². The number of benzene rings is 1. The summed E-state index contributed by atoms with van der Waals surface area (Å²) in [6.45, 7) is 4.89. The normalized spacial score (nSPS) is 18.0. The smallest absolute Gasteiger partial charge is 0.194 e. The Morgan fingerprint density at radius 3 is 2.91 bits per heavy atom. The molecule has 0 bridgehead atoms. The molecule has 1 heterocycles. The average Bonchev–Trinajstić information content (AvgIpc) is 2.93. The second-order valence-corrected chi connectivity index (χ2v) is 5.42. The number of ether oxygens (including phenoxy) is 1. The van der Waals surface area contributed by atoms with E-state index < -0.39 is 0 Å². The van der Waals surface area contributed by atoms with Crippen LogP contribution in [0.3, 0.4) is 0 Å². The topological polar surface area (TPSA) is 57.1 Å². The fraction of sp³-hybridized carbons (Fsp3) is 0.562. The van der Waals surface area contributed by atoms with E-state index in [4.69, 9.17) is 4.74 Å². The highest BCUT2D eigenvalue weighted by molar-refractivity contribution is 14.0. The highest BCUT2D eigenvalue weighted by atomic mass is 127. The van der Waals surface area contributed by atoms with Crippen LogP contribution in [0.5, 0.6) is 0 Å². The van der Waals surface area contributed by atoms with E-state index in [1.807, 2.05) is 11.8 Å². The zero-order valence-electron chi connectivity index (χ0n) is 13.6. The van der Waals surface area contributed by atoms with E-state index in [0.717, 1.165) is 31.0 Å². The van der Waals surface area contributed by atoms with Gasteiger partial charge >= 0.3 is 0 Å². The monoisotopic (exact) mass is 437 g/mol. The van der Waals surface area contributed by atoms with E-state index in [-0.39, 0.29) is 42.5 Å². The maximum atomic E-state index is 13.6. The molecule has 7 heteroatoms. The number of aliphatic hydroxyl groups is 1.